The smallest absolute Gasteiger partial charge is 0.156 e. The Labute approximate surface area is 70.3 Å². The molecule has 0 saturated heterocycles. The zero-order valence-corrected chi connectivity index (χ0v) is 6.95. The molecular weight excluding hydrogens is 156 g/mol. The van der Waals surface area contributed by atoms with Crippen molar-refractivity contribution in [3.63, 3.8) is 0 Å². The lowest BCUT2D eigenvalue weighted by molar-refractivity contribution is 0.00732. The number of hydrogen-bond donors (Lipinski definition) is 2. The Hall–Kier alpha value is -0.870. The molecule has 1 saturated carbocycles. The van der Waals surface area contributed by atoms with Gasteiger partial charge in [-0.3, -0.25) is 0 Å². The first kappa shape index (κ1) is 7.76. The number of rotatable bonds is 1. The van der Waals surface area contributed by atoms with E-state index in [-0.39, 0.29) is 6.10 Å². The molecule has 4 heteroatoms. The van der Waals surface area contributed by atoms with Crippen LogP contribution < -0.4 is 5.73 Å². The van der Waals surface area contributed by atoms with Crippen LogP contribution in [-0.2, 0) is 5.54 Å². The van der Waals surface area contributed by atoms with Crippen LogP contribution in [0.1, 0.15) is 24.3 Å². The Morgan fingerprint density at radius 3 is 2.83 bits per heavy atom. The quantitative estimate of drug-likeness (QED) is 0.632. The van der Waals surface area contributed by atoms with E-state index in [1.54, 1.807) is 0 Å². The van der Waals surface area contributed by atoms with Crippen molar-refractivity contribution >= 4 is 0 Å². The maximum absolute atomic E-state index is 9.11. The fraction of sp³-hybridized carbons (Fsp3) is 0.625. The van der Waals surface area contributed by atoms with Gasteiger partial charge in [-0.2, -0.15) is 0 Å². The van der Waals surface area contributed by atoms with Crippen LogP contribution in [0.15, 0.2) is 10.6 Å². The highest BCUT2D eigenvalue weighted by molar-refractivity contribution is 5.18. The van der Waals surface area contributed by atoms with Crippen LogP contribution in [0.2, 0.25) is 0 Å². The van der Waals surface area contributed by atoms with Gasteiger partial charge in [-0.1, -0.05) is 5.16 Å². The molecular formula is C8H12N2O2. The first-order chi connectivity index (χ1) is 5.60. The van der Waals surface area contributed by atoms with Crippen LogP contribution in [0.5, 0.6) is 0 Å². The molecule has 0 atom stereocenters. The third-order valence-electron chi connectivity index (χ3n) is 2.32. The molecule has 0 radical (unpaired) electrons. The van der Waals surface area contributed by atoms with Crippen molar-refractivity contribution < 1.29 is 9.63 Å². The molecule has 0 unspecified atom stereocenters. The van der Waals surface area contributed by atoms with E-state index in [4.69, 9.17) is 15.4 Å². The van der Waals surface area contributed by atoms with Crippen LogP contribution in [0.25, 0.3) is 0 Å². The third-order valence-corrected chi connectivity index (χ3v) is 2.32. The molecule has 4 nitrogen and oxygen atoms in total. The lowest BCUT2D eigenvalue weighted by Crippen LogP contribution is -2.51. The molecule has 1 aromatic rings. The molecule has 1 aliphatic carbocycles. The standard InChI is InChI=1S/C8H12N2O2/c1-5-2-7(12-10-5)8(9)3-6(11)4-8/h2,6,11H,3-4,9H2,1H3. The average Bonchev–Trinajstić information content (AvgIpc) is 2.33. The minimum absolute atomic E-state index is 0.277. The Kier molecular flexibility index (Phi) is 1.49. The zero-order chi connectivity index (χ0) is 8.77. The van der Waals surface area contributed by atoms with Crippen LogP contribution in [-0.4, -0.2) is 16.4 Å². The molecule has 1 heterocycles. The van der Waals surface area contributed by atoms with Gasteiger partial charge in [-0.25, -0.2) is 0 Å². The highest BCUT2D eigenvalue weighted by Crippen LogP contribution is 2.38. The number of aliphatic hydroxyl groups is 1. The van der Waals surface area contributed by atoms with Crippen LogP contribution in [0.3, 0.4) is 0 Å². The van der Waals surface area contributed by atoms with Crippen molar-refractivity contribution in [1.29, 1.82) is 0 Å². The van der Waals surface area contributed by atoms with E-state index in [0.29, 0.717) is 18.6 Å². The molecule has 1 fully saturated rings. The first-order valence-electron chi connectivity index (χ1n) is 4.01. The molecule has 2 rings (SSSR count). The Balaban J connectivity index is 2.20. The highest BCUT2D eigenvalue weighted by Gasteiger charge is 2.44. The largest absolute Gasteiger partial charge is 0.393 e. The average molecular weight is 168 g/mol. The van der Waals surface area contributed by atoms with Crippen molar-refractivity contribution in [3.05, 3.63) is 17.5 Å². The summed E-state index contributed by atoms with van der Waals surface area (Å²) in [6.07, 6.45) is 0.865. The van der Waals surface area contributed by atoms with Gasteiger partial charge < -0.3 is 15.4 Å². The maximum Gasteiger partial charge on any atom is 0.156 e. The van der Waals surface area contributed by atoms with Gasteiger partial charge in [0.15, 0.2) is 5.76 Å². The summed E-state index contributed by atoms with van der Waals surface area (Å²) in [5.74, 6) is 0.685. The summed E-state index contributed by atoms with van der Waals surface area (Å²) in [6.45, 7) is 1.85. The molecule has 12 heavy (non-hydrogen) atoms. The molecule has 1 aliphatic rings. The summed E-state index contributed by atoms with van der Waals surface area (Å²) in [5, 5.41) is 12.9. The number of aromatic nitrogens is 1. The van der Waals surface area contributed by atoms with Crippen LogP contribution in [0.4, 0.5) is 0 Å². The number of aryl methyl sites for hydroxylation is 1. The van der Waals surface area contributed by atoms with E-state index >= 15 is 0 Å². The van der Waals surface area contributed by atoms with Gasteiger partial charge in [0.05, 0.1) is 17.3 Å². The molecule has 0 bridgehead atoms. The van der Waals surface area contributed by atoms with Gasteiger partial charge >= 0.3 is 0 Å². The molecule has 0 amide bonds. The highest BCUT2D eigenvalue weighted by atomic mass is 16.5. The summed E-state index contributed by atoms with van der Waals surface area (Å²) < 4.78 is 5.03. The lowest BCUT2D eigenvalue weighted by atomic mass is 9.73. The monoisotopic (exact) mass is 168 g/mol. The Morgan fingerprint density at radius 1 is 1.75 bits per heavy atom. The Bertz CT molecular complexity index is 289. The van der Waals surface area contributed by atoms with Crippen molar-refractivity contribution in [2.45, 2.75) is 31.4 Å². The number of nitrogens with zero attached hydrogens (tertiary/aromatic N) is 1. The maximum atomic E-state index is 9.11. The van der Waals surface area contributed by atoms with E-state index in [1.165, 1.54) is 0 Å². The fourth-order valence-electron chi connectivity index (χ4n) is 1.58. The van der Waals surface area contributed by atoms with Gasteiger partial charge in [0.2, 0.25) is 0 Å². The molecule has 1 aromatic heterocycles. The van der Waals surface area contributed by atoms with Gasteiger partial charge in [-0.05, 0) is 19.8 Å². The predicted molar refractivity (Wildman–Crippen MR) is 42.3 cm³/mol. The first-order valence-corrected chi connectivity index (χ1v) is 4.01. The van der Waals surface area contributed by atoms with Crippen LogP contribution in [0, 0.1) is 6.92 Å². The third kappa shape index (κ3) is 1.04. The zero-order valence-electron chi connectivity index (χ0n) is 6.95. The summed E-state index contributed by atoms with van der Waals surface area (Å²) >= 11 is 0. The second-order valence-corrected chi connectivity index (χ2v) is 3.55. The van der Waals surface area contributed by atoms with E-state index < -0.39 is 5.54 Å². The summed E-state index contributed by atoms with van der Waals surface area (Å²) in [6, 6.07) is 1.83. The number of nitrogens with two attached hydrogens (primary N) is 1. The van der Waals surface area contributed by atoms with E-state index in [9.17, 15) is 0 Å². The van der Waals surface area contributed by atoms with Crippen molar-refractivity contribution in [1.82, 2.24) is 5.16 Å². The minimum atomic E-state index is -0.472. The summed E-state index contributed by atoms with van der Waals surface area (Å²) in [5.41, 5.74) is 6.29. The SMILES string of the molecule is Cc1cc(C2(N)CC(O)C2)on1. The predicted octanol–water partition coefficient (Wildman–Crippen LogP) is 0.292. The lowest BCUT2D eigenvalue weighted by Gasteiger charge is -2.39. The molecule has 3 N–H and O–H groups in total. The second-order valence-electron chi connectivity index (χ2n) is 3.55. The van der Waals surface area contributed by atoms with Gasteiger partial charge in [0, 0.05) is 6.07 Å². The van der Waals surface area contributed by atoms with E-state index in [2.05, 4.69) is 5.16 Å². The molecule has 0 aliphatic heterocycles. The topological polar surface area (TPSA) is 72.3 Å². The number of hydrogen-bond acceptors (Lipinski definition) is 4. The molecule has 0 spiro atoms. The summed E-state index contributed by atoms with van der Waals surface area (Å²) in [7, 11) is 0. The Morgan fingerprint density at radius 2 is 2.42 bits per heavy atom. The summed E-state index contributed by atoms with van der Waals surface area (Å²) in [4.78, 5) is 0. The van der Waals surface area contributed by atoms with E-state index in [0.717, 1.165) is 5.69 Å². The van der Waals surface area contributed by atoms with Crippen molar-refractivity contribution in [2.75, 3.05) is 0 Å². The van der Waals surface area contributed by atoms with E-state index in [1.807, 2.05) is 13.0 Å². The van der Waals surface area contributed by atoms with Gasteiger partial charge in [-0.15, -0.1) is 0 Å². The normalized spacial score (nSPS) is 34.8. The van der Waals surface area contributed by atoms with Crippen molar-refractivity contribution in [3.8, 4) is 0 Å². The fourth-order valence-corrected chi connectivity index (χ4v) is 1.58. The minimum Gasteiger partial charge on any atom is -0.393 e. The van der Waals surface area contributed by atoms with Crippen LogP contribution >= 0.6 is 0 Å². The number of aliphatic hydroxyl groups excluding tert-OH is 1. The molecule has 0 aromatic carbocycles. The molecule has 66 valence electrons. The van der Waals surface area contributed by atoms with Gasteiger partial charge in [0.1, 0.15) is 0 Å². The second kappa shape index (κ2) is 2.31. The van der Waals surface area contributed by atoms with Crippen molar-refractivity contribution in [2.24, 2.45) is 5.73 Å². The van der Waals surface area contributed by atoms with Gasteiger partial charge in [0.25, 0.3) is 0 Å².